The number of thiazole rings is 1. The molecule has 1 unspecified atom stereocenters. The van der Waals surface area contributed by atoms with Crippen LogP contribution in [0, 0.1) is 0 Å². The Morgan fingerprint density at radius 3 is 3.00 bits per heavy atom. The summed E-state index contributed by atoms with van der Waals surface area (Å²) < 4.78 is 24.9. The number of aliphatic hydroxyl groups excluding tert-OH is 1. The van der Waals surface area contributed by atoms with Gasteiger partial charge in [-0.3, -0.25) is 4.79 Å². The molecule has 2 N–H and O–H groups in total. The van der Waals surface area contributed by atoms with Crippen LogP contribution in [0.3, 0.4) is 0 Å². The first kappa shape index (κ1) is 12.8. The van der Waals surface area contributed by atoms with E-state index in [1.807, 2.05) is 0 Å². The number of hydrogen-bond acceptors (Lipinski definition) is 4. The topological polar surface area (TPSA) is 62.2 Å². The summed E-state index contributed by atoms with van der Waals surface area (Å²) >= 11 is 1.39. The molecular weight excluding hydrogens is 262 g/mol. The number of hydrogen-bond donors (Lipinski definition) is 2. The normalized spacial score (nSPS) is 12.9. The van der Waals surface area contributed by atoms with E-state index in [0.717, 1.165) is 10.2 Å². The van der Waals surface area contributed by atoms with Gasteiger partial charge in [-0.2, -0.15) is 0 Å². The maximum absolute atomic E-state index is 12.0. The molecule has 0 saturated carbocycles. The van der Waals surface area contributed by atoms with E-state index in [-0.39, 0.29) is 0 Å². The Labute approximate surface area is 105 Å². The van der Waals surface area contributed by atoms with E-state index >= 15 is 0 Å². The second kappa shape index (κ2) is 5.36. The molecule has 96 valence electrons. The van der Waals surface area contributed by atoms with Crippen molar-refractivity contribution in [3.8, 4) is 0 Å². The third-order valence-electron chi connectivity index (χ3n) is 2.36. The number of nitrogens with one attached hydrogen (secondary N) is 1. The maximum atomic E-state index is 12.0. The molecule has 1 atom stereocenters. The van der Waals surface area contributed by atoms with Gasteiger partial charge in [0.15, 0.2) is 0 Å². The number of benzene rings is 1. The number of rotatable bonds is 4. The van der Waals surface area contributed by atoms with Gasteiger partial charge in [-0.25, -0.2) is 13.8 Å². The van der Waals surface area contributed by atoms with Crippen molar-refractivity contribution in [3.63, 3.8) is 0 Å². The average Bonchev–Trinajstić information content (AvgIpc) is 2.82. The Balaban J connectivity index is 2.04. The second-order valence-electron chi connectivity index (χ2n) is 3.65. The monoisotopic (exact) mass is 272 g/mol. The van der Waals surface area contributed by atoms with Crippen LogP contribution in [0.5, 0.6) is 0 Å². The molecule has 0 bridgehead atoms. The van der Waals surface area contributed by atoms with Gasteiger partial charge < -0.3 is 10.4 Å². The highest BCUT2D eigenvalue weighted by Crippen LogP contribution is 2.18. The van der Waals surface area contributed by atoms with Crippen LogP contribution >= 0.6 is 11.3 Å². The SMILES string of the molecule is O=C(NCC(O)C(F)F)c1ccc2ncsc2c1. The van der Waals surface area contributed by atoms with Gasteiger partial charge in [0.05, 0.1) is 15.7 Å². The van der Waals surface area contributed by atoms with E-state index in [4.69, 9.17) is 5.11 Å². The Bertz CT molecular complexity index is 559. The lowest BCUT2D eigenvalue weighted by Gasteiger charge is -2.10. The van der Waals surface area contributed by atoms with E-state index in [2.05, 4.69) is 10.3 Å². The third kappa shape index (κ3) is 2.80. The predicted molar refractivity (Wildman–Crippen MR) is 64.0 cm³/mol. The van der Waals surface area contributed by atoms with E-state index < -0.39 is 25.0 Å². The molecule has 0 radical (unpaired) electrons. The quantitative estimate of drug-likeness (QED) is 0.889. The van der Waals surface area contributed by atoms with Crippen LogP contribution in [0.4, 0.5) is 8.78 Å². The highest BCUT2D eigenvalue weighted by Gasteiger charge is 2.18. The molecule has 1 heterocycles. The van der Waals surface area contributed by atoms with Crippen LogP contribution in [0.1, 0.15) is 10.4 Å². The molecule has 0 fully saturated rings. The summed E-state index contributed by atoms with van der Waals surface area (Å²) in [5.41, 5.74) is 2.80. The van der Waals surface area contributed by atoms with Gasteiger partial charge in [0.25, 0.3) is 12.3 Å². The van der Waals surface area contributed by atoms with Crippen LogP contribution in [0.25, 0.3) is 10.2 Å². The Kier molecular flexibility index (Phi) is 3.83. The molecule has 7 heteroatoms. The molecule has 0 saturated heterocycles. The average molecular weight is 272 g/mol. The van der Waals surface area contributed by atoms with Crippen LogP contribution in [-0.4, -0.2) is 35.1 Å². The molecule has 1 amide bonds. The van der Waals surface area contributed by atoms with E-state index in [9.17, 15) is 13.6 Å². The maximum Gasteiger partial charge on any atom is 0.265 e. The summed E-state index contributed by atoms with van der Waals surface area (Å²) in [7, 11) is 0. The minimum absolute atomic E-state index is 0.355. The van der Waals surface area contributed by atoms with Gasteiger partial charge in [-0.05, 0) is 18.2 Å². The van der Waals surface area contributed by atoms with Gasteiger partial charge in [0, 0.05) is 12.1 Å². The number of carbonyl (C=O) groups is 1. The largest absolute Gasteiger partial charge is 0.385 e. The van der Waals surface area contributed by atoms with E-state index in [1.54, 1.807) is 23.7 Å². The summed E-state index contributed by atoms with van der Waals surface area (Å²) in [5, 5.41) is 11.1. The summed E-state index contributed by atoms with van der Waals surface area (Å²) in [6.07, 6.45) is -4.71. The van der Waals surface area contributed by atoms with Crippen molar-refractivity contribution in [1.29, 1.82) is 0 Å². The van der Waals surface area contributed by atoms with Gasteiger partial charge in [0.2, 0.25) is 0 Å². The van der Waals surface area contributed by atoms with Crippen LogP contribution in [-0.2, 0) is 0 Å². The molecular formula is C11H10F2N2O2S. The van der Waals surface area contributed by atoms with Crippen molar-refractivity contribution >= 4 is 27.5 Å². The Morgan fingerprint density at radius 1 is 1.50 bits per heavy atom. The van der Waals surface area contributed by atoms with Crippen molar-refractivity contribution in [1.82, 2.24) is 10.3 Å². The molecule has 1 aromatic heterocycles. The Hall–Kier alpha value is -1.60. The highest BCUT2D eigenvalue weighted by atomic mass is 32.1. The summed E-state index contributed by atoms with van der Waals surface area (Å²) in [4.78, 5) is 15.7. The molecule has 2 rings (SSSR count). The Morgan fingerprint density at radius 2 is 2.28 bits per heavy atom. The number of aliphatic hydroxyl groups is 1. The van der Waals surface area contributed by atoms with Crippen molar-refractivity contribution in [2.24, 2.45) is 0 Å². The first-order valence-electron chi connectivity index (χ1n) is 5.15. The fourth-order valence-electron chi connectivity index (χ4n) is 1.38. The zero-order chi connectivity index (χ0) is 13.1. The number of nitrogens with zero attached hydrogens (tertiary/aromatic N) is 1. The molecule has 4 nitrogen and oxygen atoms in total. The zero-order valence-corrected chi connectivity index (χ0v) is 9.95. The number of amides is 1. The lowest BCUT2D eigenvalue weighted by Crippen LogP contribution is -2.35. The number of halogens is 2. The summed E-state index contributed by atoms with van der Waals surface area (Å²) in [5.74, 6) is -0.495. The van der Waals surface area contributed by atoms with E-state index in [0.29, 0.717) is 5.56 Å². The van der Waals surface area contributed by atoms with Gasteiger partial charge in [-0.1, -0.05) is 0 Å². The summed E-state index contributed by atoms with van der Waals surface area (Å²) in [6, 6.07) is 4.88. The number of alkyl halides is 2. The van der Waals surface area contributed by atoms with Crippen LogP contribution < -0.4 is 5.32 Å². The third-order valence-corrected chi connectivity index (χ3v) is 3.15. The highest BCUT2D eigenvalue weighted by molar-refractivity contribution is 7.16. The lowest BCUT2D eigenvalue weighted by atomic mass is 10.2. The predicted octanol–water partition coefficient (Wildman–Crippen LogP) is 1.65. The molecule has 1 aromatic carbocycles. The van der Waals surface area contributed by atoms with Crippen molar-refractivity contribution in [3.05, 3.63) is 29.3 Å². The van der Waals surface area contributed by atoms with Gasteiger partial charge in [-0.15, -0.1) is 11.3 Å². The van der Waals surface area contributed by atoms with Crippen molar-refractivity contribution < 1.29 is 18.7 Å². The zero-order valence-electron chi connectivity index (χ0n) is 9.14. The molecule has 0 aliphatic heterocycles. The molecule has 18 heavy (non-hydrogen) atoms. The minimum Gasteiger partial charge on any atom is -0.385 e. The van der Waals surface area contributed by atoms with Crippen molar-refractivity contribution in [2.45, 2.75) is 12.5 Å². The number of carbonyl (C=O) groups excluding carboxylic acids is 1. The van der Waals surface area contributed by atoms with Crippen molar-refractivity contribution in [2.75, 3.05) is 6.54 Å². The summed E-state index contributed by atoms with van der Waals surface area (Å²) in [6.45, 7) is -0.475. The molecule has 0 spiro atoms. The van der Waals surface area contributed by atoms with E-state index in [1.165, 1.54) is 11.3 Å². The molecule has 2 aromatic rings. The minimum atomic E-state index is -2.87. The van der Waals surface area contributed by atoms with Crippen LogP contribution in [0.2, 0.25) is 0 Å². The smallest absolute Gasteiger partial charge is 0.265 e. The lowest BCUT2D eigenvalue weighted by molar-refractivity contribution is -0.00270. The fourth-order valence-corrected chi connectivity index (χ4v) is 2.10. The number of aromatic nitrogens is 1. The fraction of sp³-hybridized carbons (Fsp3) is 0.273. The van der Waals surface area contributed by atoms with Gasteiger partial charge in [0.1, 0.15) is 6.10 Å². The first-order valence-corrected chi connectivity index (χ1v) is 6.03. The number of fused-ring (bicyclic) bond motifs is 1. The molecule has 0 aliphatic rings. The van der Waals surface area contributed by atoms with Gasteiger partial charge >= 0.3 is 0 Å². The standard InChI is InChI=1S/C11H10F2N2O2S/c12-10(13)8(16)4-14-11(17)6-1-2-7-9(3-6)18-5-15-7/h1-3,5,8,10,16H,4H2,(H,14,17). The second-order valence-corrected chi connectivity index (χ2v) is 4.53. The molecule has 0 aliphatic carbocycles. The van der Waals surface area contributed by atoms with Crippen LogP contribution in [0.15, 0.2) is 23.7 Å². The first-order chi connectivity index (χ1) is 8.58.